The van der Waals surface area contributed by atoms with Gasteiger partial charge in [0.1, 0.15) is 12.6 Å². The Balaban J connectivity index is 1.95. The maximum atomic E-state index is 12.9. The predicted molar refractivity (Wildman–Crippen MR) is 135 cm³/mol. The van der Waals surface area contributed by atoms with Crippen molar-refractivity contribution in [2.45, 2.75) is 58.7 Å². The molecule has 0 saturated carbocycles. The molecule has 0 radical (unpaired) electrons. The molecule has 10 heteroatoms. The van der Waals surface area contributed by atoms with Crippen LogP contribution in [0.3, 0.4) is 0 Å². The molecule has 0 aliphatic carbocycles. The molecule has 2 rings (SSSR count). The van der Waals surface area contributed by atoms with Crippen molar-refractivity contribution in [1.29, 1.82) is 0 Å². The zero-order valence-corrected chi connectivity index (χ0v) is 21.3. The maximum absolute atomic E-state index is 12.9. The van der Waals surface area contributed by atoms with Crippen molar-refractivity contribution >= 4 is 29.5 Å². The summed E-state index contributed by atoms with van der Waals surface area (Å²) in [4.78, 5) is 66.2. The van der Waals surface area contributed by atoms with E-state index in [1.165, 1.54) is 19.3 Å². The first kappa shape index (κ1) is 29.2. The van der Waals surface area contributed by atoms with Gasteiger partial charge in [0.25, 0.3) is 5.91 Å². The molecular formula is C27H34N4O6. The summed E-state index contributed by atoms with van der Waals surface area (Å²) in [5, 5.41) is 4.85. The van der Waals surface area contributed by atoms with Crippen LogP contribution in [0.1, 0.15) is 44.7 Å². The van der Waals surface area contributed by atoms with Gasteiger partial charge in [-0.3, -0.25) is 29.0 Å². The van der Waals surface area contributed by atoms with Gasteiger partial charge in [0.05, 0.1) is 12.5 Å². The number of nitrogens with one attached hydrogen (secondary N) is 2. The molecular weight excluding hydrogens is 476 g/mol. The Morgan fingerprint density at radius 2 is 1.57 bits per heavy atom. The highest BCUT2D eigenvalue weighted by Gasteiger charge is 2.30. The molecule has 37 heavy (non-hydrogen) atoms. The van der Waals surface area contributed by atoms with Crippen LogP contribution in [-0.4, -0.2) is 46.5 Å². The second-order valence-electron chi connectivity index (χ2n) is 9.26. The molecule has 0 fully saturated rings. The molecule has 198 valence electrons. The zero-order valence-electron chi connectivity index (χ0n) is 21.3. The zero-order chi connectivity index (χ0) is 27.4. The van der Waals surface area contributed by atoms with Gasteiger partial charge in [0.2, 0.25) is 17.6 Å². The van der Waals surface area contributed by atoms with Gasteiger partial charge in [-0.2, -0.15) is 0 Å². The highest BCUT2D eigenvalue weighted by atomic mass is 16.5. The molecule has 4 N–H and O–H groups in total. The van der Waals surface area contributed by atoms with Crippen molar-refractivity contribution in [3.63, 3.8) is 0 Å². The number of aromatic nitrogens is 1. The fraction of sp³-hybridized carbons (Fsp3) is 0.407. The highest BCUT2D eigenvalue weighted by Crippen LogP contribution is 2.17. The number of amides is 3. The fourth-order valence-corrected chi connectivity index (χ4v) is 3.65. The van der Waals surface area contributed by atoms with Crippen LogP contribution in [0, 0.1) is 11.8 Å². The van der Waals surface area contributed by atoms with Crippen molar-refractivity contribution in [2.24, 2.45) is 17.6 Å². The van der Waals surface area contributed by atoms with E-state index in [0.717, 1.165) is 5.56 Å². The fourth-order valence-electron chi connectivity index (χ4n) is 3.65. The molecule has 2 aromatic rings. The third-order valence-corrected chi connectivity index (χ3v) is 5.60. The van der Waals surface area contributed by atoms with Crippen LogP contribution in [0.25, 0.3) is 0 Å². The van der Waals surface area contributed by atoms with E-state index in [1.54, 1.807) is 12.1 Å². The number of esters is 1. The second-order valence-corrected chi connectivity index (χ2v) is 9.26. The highest BCUT2D eigenvalue weighted by molar-refractivity contribution is 6.38. The first-order chi connectivity index (χ1) is 17.6. The number of hydrogen-bond donors (Lipinski definition) is 3. The van der Waals surface area contributed by atoms with Gasteiger partial charge in [-0.25, -0.2) is 0 Å². The lowest BCUT2D eigenvalue weighted by Crippen LogP contribution is -2.53. The molecule has 0 spiro atoms. The number of hydrogen-bond acceptors (Lipinski definition) is 7. The number of nitrogens with zero attached hydrogens (tertiary/aromatic N) is 1. The Hall–Kier alpha value is -4.08. The van der Waals surface area contributed by atoms with Gasteiger partial charge >= 0.3 is 5.97 Å². The average Bonchev–Trinajstić information content (AvgIpc) is 2.87. The number of rotatable bonds is 14. The Labute approximate surface area is 216 Å². The van der Waals surface area contributed by atoms with Crippen LogP contribution in [0.2, 0.25) is 0 Å². The molecule has 0 saturated heterocycles. The second kappa shape index (κ2) is 14.5. The van der Waals surface area contributed by atoms with E-state index in [-0.39, 0.29) is 25.4 Å². The van der Waals surface area contributed by atoms with Gasteiger partial charge in [0.15, 0.2) is 0 Å². The number of Topliss-reactive ketones (excluding diaryl/α,β-unsaturated/α-hetero) is 1. The lowest BCUT2D eigenvalue weighted by atomic mass is 9.93. The van der Waals surface area contributed by atoms with Gasteiger partial charge in [-0.1, -0.05) is 44.2 Å². The van der Waals surface area contributed by atoms with Crippen molar-refractivity contribution < 1.29 is 28.7 Å². The number of carbonyl (C=O) groups is 5. The van der Waals surface area contributed by atoms with E-state index in [2.05, 4.69) is 15.6 Å². The van der Waals surface area contributed by atoms with E-state index >= 15 is 0 Å². The number of pyridine rings is 1. The summed E-state index contributed by atoms with van der Waals surface area (Å²) in [5.74, 6) is -4.52. The Kier molecular flexibility index (Phi) is 11.4. The van der Waals surface area contributed by atoms with Crippen LogP contribution < -0.4 is 16.4 Å². The average molecular weight is 511 g/mol. The monoisotopic (exact) mass is 510 g/mol. The van der Waals surface area contributed by atoms with Crippen molar-refractivity contribution in [3.05, 3.63) is 66.0 Å². The lowest BCUT2D eigenvalue weighted by Gasteiger charge is -2.21. The van der Waals surface area contributed by atoms with Gasteiger partial charge in [0, 0.05) is 24.7 Å². The minimum atomic E-state index is -1.18. The minimum absolute atomic E-state index is 0.0825. The summed E-state index contributed by atoms with van der Waals surface area (Å²) >= 11 is 0. The van der Waals surface area contributed by atoms with Crippen LogP contribution in [0.15, 0.2) is 54.9 Å². The van der Waals surface area contributed by atoms with Crippen molar-refractivity contribution in [3.8, 4) is 0 Å². The number of nitrogens with two attached hydrogens (primary N) is 1. The Bertz CT molecular complexity index is 1070. The summed E-state index contributed by atoms with van der Waals surface area (Å²) in [6.45, 7) is 5.27. The largest absolute Gasteiger partial charge is 0.461 e. The van der Waals surface area contributed by atoms with E-state index in [9.17, 15) is 24.0 Å². The molecule has 1 unspecified atom stereocenters. The number of benzene rings is 1. The van der Waals surface area contributed by atoms with Crippen LogP contribution in [0.4, 0.5) is 0 Å². The van der Waals surface area contributed by atoms with Crippen molar-refractivity contribution in [2.75, 3.05) is 0 Å². The molecule has 1 aromatic carbocycles. The molecule has 3 amide bonds. The molecule has 0 aliphatic rings. The topological polar surface area (TPSA) is 158 Å². The maximum Gasteiger partial charge on any atom is 0.306 e. The molecule has 0 aliphatic heterocycles. The molecule has 10 nitrogen and oxygen atoms in total. The van der Waals surface area contributed by atoms with Crippen molar-refractivity contribution in [1.82, 2.24) is 15.6 Å². The first-order valence-corrected chi connectivity index (χ1v) is 12.1. The van der Waals surface area contributed by atoms with Crippen LogP contribution >= 0.6 is 0 Å². The van der Waals surface area contributed by atoms with E-state index < -0.39 is 47.5 Å². The lowest BCUT2D eigenvalue weighted by molar-refractivity contribution is -0.148. The summed E-state index contributed by atoms with van der Waals surface area (Å²) < 4.78 is 5.30. The Morgan fingerprint density at radius 1 is 0.919 bits per heavy atom. The molecule has 1 heterocycles. The third kappa shape index (κ3) is 10.2. The van der Waals surface area contributed by atoms with Gasteiger partial charge in [-0.15, -0.1) is 0 Å². The van der Waals surface area contributed by atoms with Gasteiger partial charge in [-0.05, 0) is 42.5 Å². The molecule has 3 atom stereocenters. The SMILES string of the molecule is CC(C)C[C@H](CC(=O)OCc1ccccc1)C(=O)NC(C)C(=O)C(=O)N[C@@H](Cc1ccncc1)C(N)=O. The standard InChI is InChI=1S/C27H34N4O6/c1-17(2)13-21(15-23(32)37-16-20-7-5-4-6-8-20)26(35)30-18(3)24(33)27(36)31-22(25(28)34)14-19-9-11-29-12-10-19/h4-12,17-18,21-22H,13-16H2,1-3H3,(H2,28,34)(H,30,35)(H,31,36)/t18?,21-,22+/m1/s1. The number of ketones is 1. The predicted octanol–water partition coefficient (Wildman–Crippen LogP) is 1.46. The summed E-state index contributed by atoms with van der Waals surface area (Å²) in [6.07, 6.45) is 3.36. The van der Waals surface area contributed by atoms with Crippen LogP contribution in [-0.2, 0) is 41.7 Å². The number of ether oxygens (including phenoxy) is 1. The number of primary amides is 1. The molecule has 1 aromatic heterocycles. The summed E-state index contributed by atoms with van der Waals surface area (Å²) in [6, 6.07) is 10.2. The summed E-state index contributed by atoms with van der Waals surface area (Å²) in [7, 11) is 0. The third-order valence-electron chi connectivity index (χ3n) is 5.60. The number of carbonyl (C=O) groups excluding carboxylic acids is 5. The smallest absolute Gasteiger partial charge is 0.306 e. The Morgan fingerprint density at radius 3 is 2.16 bits per heavy atom. The van der Waals surface area contributed by atoms with Gasteiger partial charge < -0.3 is 21.1 Å². The molecule has 0 bridgehead atoms. The normalized spacial score (nSPS) is 13.2. The van der Waals surface area contributed by atoms with E-state index in [1.807, 2.05) is 44.2 Å². The minimum Gasteiger partial charge on any atom is -0.461 e. The summed E-state index contributed by atoms with van der Waals surface area (Å²) in [5.41, 5.74) is 6.91. The van der Waals surface area contributed by atoms with E-state index in [4.69, 9.17) is 10.5 Å². The van der Waals surface area contributed by atoms with Crippen LogP contribution in [0.5, 0.6) is 0 Å². The van der Waals surface area contributed by atoms with E-state index in [0.29, 0.717) is 12.0 Å². The first-order valence-electron chi connectivity index (χ1n) is 12.1. The quantitative estimate of drug-likeness (QED) is 0.256.